The normalized spacial score (nSPS) is 16.2. The molecule has 3 aromatic heterocycles. The van der Waals surface area contributed by atoms with Gasteiger partial charge in [0, 0.05) is 57.6 Å². The molecule has 3 aromatic rings. The maximum absolute atomic E-state index is 5.14. The van der Waals surface area contributed by atoms with Crippen LogP contribution in [0.15, 0.2) is 23.0 Å². The van der Waals surface area contributed by atoms with Crippen molar-refractivity contribution in [2.75, 3.05) is 31.1 Å². The van der Waals surface area contributed by atoms with Crippen LogP contribution in [0.5, 0.6) is 0 Å². The Bertz CT molecular complexity index is 832. The molecule has 4 heterocycles. The molecule has 8 nitrogen and oxygen atoms in total. The van der Waals surface area contributed by atoms with Crippen LogP contribution in [0.2, 0.25) is 0 Å². The molecule has 1 fully saturated rings. The van der Waals surface area contributed by atoms with Crippen molar-refractivity contribution in [3.63, 3.8) is 0 Å². The van der Waals surface area contributed by atoms with E-state index in [9.17, 15) is 0 Å². The highest BCUT2D eigenvalue weighted by atomic mass is 16.5. The molecule has 1 saturated heterocycles. The lowest BCUT2D eigenvalue weighted by atomic mass is 10.2. The van der Waals surface area contributed by atoms with Gasteiger partial charge in [-0.2, -0.15) is 0 Å². The summed E-state index contributed by atoms with van der Waals surface area (Å²) in [6, 6.07) is 2.00. The second-order valence-electron chi connectivity index (χ2n) is 6.11. The van der Waals surface area contributed by atoms with E-state index in [1.54, 1.807) is 0 Å². The van der Waals surface area contributed by atoms with E-state index in [1.807, 2.05) is 29.8 Å². The summed E-state index contributed by atoms with van der Waals surface area (Å²) in [4.78, 5) is 9.22. The second kappa shape index (κ2) is 6.20. The zero-order chi connectivity index (χ0) is 16.5. The van der Waals surface area contributed by atoms with Gasteiger partial charge in [0.2, 0.25) is 5.65 Å². The standard InChI is InChI=1S/C16H21N7O/c1-3-14-18-19-16-15(17-4-5-23(14)16)22-8-6-21(7-9-22)11-13-10-12(2)24-20-13/h4-5,10H,3,6-9,11H2,1-2H3. The average Bonchev–Trinajstić information content (AvgIpc) is 3.21. The Morgan fingerprint density at radius 3 is 2.71 bits per heavy atom. The average molecular weight is 327 g/mol. The zero-order valence-electron chi connectivity index (χ0n) is 14.0. The van der Waals surface area contributed by atoms with Gasteiger partial charge in [0.15, 0.2) is 5.82 Å². The van der Waals surface area contributed by atoms with Gasteiger partial charge in [-0.25, -0.2) is 4.98 Å². The molecule has 0 N–H and O–H groups in total. The van der Waals surface area contributed by atoms with Crippen LogP contribution in [0.4, 0.5) is 5.82 Å². The van der Waals surface area contributed by atoms with Crippen molar-refractivity contribution in [2.45, 2.75) is 26.8 Å². The molecule has 0 radical (unpaired) electrons. The number of aromatic nitrogens is 5. The lowest BCUT2D eigenvalue weighted by molar-refractivity contribution is 0.241. The van der Waals surface area contributed by atoms with Crippen molar-refractivity contribution in [1.29, 1.82) is 0 Å². The Hall–Kier alpha value is -2.48. The topological polar surface area (TPSA) is 75.6 Å². The van der Waals surface area contributed by atoms with Crippen molar-refractivity contribution in [1.82, 2.24) is 29.6 Å². The minimum Gasteiger partial charge on any atom is -0.361 e. The van der Waals surface area contributed by atoms with Gasteiger partial charge in [-0.1, -0.05) is 12.1 Å². The molecule has 0 saturated carbocycles. The fraction of sp³-hybridized carbons (Fsp3) is 0.500. The van der Waals surface area contributed by atoms with E-state index in [-0.39, 0.29) is 0 Å². The summed E-state index contributed by atoms with van der Waals surface area (Å²) in [5, 5.41) is 12.7. The van der Waals surface area contributed by atoms with Crippen LogP contribution in [-0.2, 0) is 13.0 Å². The maximum atomic E-state index is 5.14. The number of anilines is 1. The highest BCUT2D eigenvalue weighted by Crippen LogP contribution is 2.20. The Balaban J connectivity index is 1.47. The molecule has 0 aliphatic carbocycles. The van der Waals surface area contributed by atoms with Gasteiger partial charge in [-0.05, 0) is 6.92 Å². The van der Waals surface area contributed by atoms with Crippen LogP contribution in [0.25, 0.3) is 5.65 Å². The van der Waals surface area contributed by atoms with Gasteiger partial charge in [0.1, 0.15) is 11.6 Å². The van der Waals surface area contributed by atoms with E-state index < -0.39 is 0 Å². The van der Waals surface area contributed by atoms with Gasteiger partial charge in [-0.15, -0.1) is 10.2 Å². The number of rotatable bonds is 4. The minimum absolute atomic E-state index is 0.827. The van der Waals surface area contributed by atoms with Crippen molar-refractivity contribution in [2.24, 2.45) is 0 Å². The summed E-state index contributed by atoms with van der Waals surface area (Å²) in [7, 11) is 0. The molecule has 0 spiro atoms. The Morgan fingerprint density at radius 2 is 2.00 bits per heavy atom. The Kier molecular flexibility index (Phi) is 3.89. The fourth-order valence-electron chi connectivity index (χ4n) is 3.16. The quantitative estimate of drug-likeness (QED) is 0.715. The van der Waals surface area contributed by atoms with Crippen LogP contribution in [0, 0.1) is 6.92 Å². The Labute approximate surface area is 140 Å². The summed E-state index contributed by atoms with van der Waals surface area (Å²) >= 11 is 0. The number of aryl methyl sites for hydroxylation is 2. The van der Waals surface area contributed by atoms with Crippen LogP contribution >= 0.6 is 0 Å². The third-order valence-electron chi connectivity index (χ3n) is 4.43. The van der Waals surface area contributed by atoms with Gasteiger partial charge in [0.25, 0.3) is 0 Å². The molecule has 0 amide bonds. The summed E-state index contributed by atoms with van der Waals surface area (Å²) in [5.74, 6) is 2.74. The lowest BCUT2D eigenvalue weighted by Gasteiger charge is -2.34. The molecule has 24 heavy (non-hydrogen) atoms. The second-order valence-corrected chi connectivity index (χ2v) is 6.11. The van der Waals surface area contributed by atoms with E-state index in [0.29, 0.717) is 0 Å². The highest BCUT2D eigenvalue weighted by molar-refractivity contribution is 5.64. The number of hydrogen-bond acceptors (Lipinski definition) is 7. The summed E-state index contributed by atoms with van der Waals surface area (Å²) in [6.45, 7) is 8.58. The first-order valence-corrected chi connectivity index (χ1v) is 8.32. The summed E-state index contributed by atoms with van der Waals surface area (Å²) in [6.07, 6.45) is 4.62. The van der Waals surface area contributed by atoms with Crippen molar-refractivity contribution >= 4 is 11.5 Å². The zero-order valence-corrected chi connectivity index (χ0v) is 14.0. The molecule has 1 aliphatic heterocycles. The van der Waals surface area contributed by atoms with E-state index in [2.05, 4.69) is 37.1 Å². The van der Waals surface area contributed by atoms with Crippen LogP contribution in [0.3, 0.4) is 0 Å². The number of nitrogens with zero attached hydrogens (tertiary/aromatic N) is 7. The first kappa shape index (κ1) is 15.1. The maximum Gasteiger partial charge on any atom is 0.203 e. The number of fused-ring (bicyclic) bond motifs is 1. The van der Waals surface area contributed by atoms with Gasteiger partial charge < -0.3 is 9.42 Å². The minimum atomic E-state index is 0.827. The smallest absolute Gasteiger partial charge is 0.203 e. The van der Waals surface area contributed by atoms with E-state index in [4.69, 9.17) is 4.52 Å². The predicted octanol–water partition coefficient (Wildman–Crippen LogP) is 1.31. The van der Waals surface area contributed by atoms with Crippen LogP contribution < -0.4 is 4.90 Å². The van der Waals surface area contributed by atoms with Crippen LogP contribution in [0.1, 0.15) is 24.2 Å². The van der Waals surface area contributed by atoms with E-state index in [0.717, 1.165) is 67.9 Å². The highest BCUT2D eigenvalue weighted by Gasteiger charge is 2.22. The first-order valence-electron chi connectivity index (χ1n) is 8.32. The van der Waals surface area contributed by atoms with Crippen molar-refractivity contribution in [3.8, 4) is 0 Å². The third-order valence-corrected chi connectivity index (χ3v) is 4.43. The Morgan fingerprint density at radius 1 is 1.17 bits per heavy atom. The van der Waals surface area contributed by atoms with Crippen molar-refractivity contribution < 1.29 is 4.52 Å². The molecule has 0 aromatic carbocycles. The van der Waals surface area contributed by atoms with Gasteiger partial charge >= 0.3 is 0 Å². The molecule has 0 unspecified atom stereocenters. The predicted molar refractivity (Wildman–Crippen MR) is 88.9 cm³/mol. The van der Waals surface area contributed by atoms with Gasteiger partial charge in [-0.3, -0.25) is 9.30 Å². The fourth-order valence-corrected chi connectivity index (χ4v) is 3.16. The molecular formula is C16H21N7O. The first-order chi connectivity index (χ1) is 11.7. The van der Waals surface area contributed by atoms with Gasteiger partial charge in [0.05, 0.1) is 5.69 Å². The SMILES string of the molecule is CCc1nnc2c(N3CCN(Cc4cc(C)on4)CC3)nccn12. The van der Waals surface area contributed by atoms with E-state index >= 15 is 0 Å². The summed E-state index contributed by atoms with van der Waals surface area (Å²) < 4.78 is 7.18. The third kappa shape index (κ3) is 2.73. The number of piperazine rings is 1. The monoisotopic (exact) mass is 327 g/mol. The summed E-state index contributed by atoms with van der Waals surface area (Å²) in [5.41, 5.74) is 1.83. The van der Waals surface area contributed by atoms with Crippen molar-refractivity contribution in [3.05, 3.63) is 35.7 Å². The number of hydrogen-bond donors (Lipinski definition) is 0. The molecule has 126 valence electrons. The molecular weight excluding hydrogens is 306 g/mol. The molecule has 8 heteroatoms. The molecule has 4 rings (SSSR count). The lowest BCUT2D eigenvalue weighted by Crippen LogP contribution is -2.46. The molecule has 1 aliphatic rings. The van der Waals surface area contributed by atoms with Crippen LogP contribution in [-0.4, -0.2) is 55.8 Å². The van der Waals surface area contributed by atoms with E-state index in [1.165, 1.54) is 0 Å². The molecule has 0 bridgehead atoms. The largest absolute Gasteiger partial charge is 0.361 e. The molecule has 0 atom stereocenters.